The second-order valence-corrected chi connectivity index (χ2v) is 3.88. The van der Waals surface area contributed by atoms with Crippen LogP contribution in [0.15, 0.2) is 18.2 Å². The van der Waals surface area contributed by atoms with Gasteiger partial charge >= 0.3 is 5.97 Å². The molecular formula is C12H14FNO4. The quantitative estimate of drug-likeness (QED) is 0.842. The lowest BCUT2D eigenvalue weighted by Gasteiger charge is -2.10. The number of hydrogen-bond donors (Lipinski definition) is 2. The Bertz CT molecular complexity index is 459. The van der Waals surface area contributed by atoms with Crippen molar-refractivity contribution in [2.24, 2.45) is 0 Å². The van der Waals surface area contributed by atoms with Crippen molar-refractivity contribution in [3.8, 4) is 0 Å². The molecule has 98 valence electrons. The van der Waals surface area contributed by atoms with E-state index in [1.165, 1.54) is 12.1 Å². The third-order valence-corrected chi connectivity index (χ3v) is 2.05. The molecule has 0 aromatic heterocycles. The van der Waals surface area contributed by atoms with E-state index in [9.17, 15) is 14.0 Å². The van der Waals surface area contributed by atoms with Crippen molar-refractivity contribution in [2.75, 3.05) is 11.9 Å². The maximum Gasteiger partial charge on any atom is 0.340 e. The highest BCUT2D eigenvalue weighted by molar-refractivity contribution is 6.01. The molecule has 0 bridgehead atoms. The molecule has 5 nitrogen and oxygen atoms in total. The van der Waals surface area contributed by atoms with E-state index in [1.807, 2.05) is 0 Å². The van der Waals surface area contributed by atoms with Crippen molar-refractivity contribution >= 4 is 17.6 Å². The molecule has 0 saturated heterocycles. The summed E-state index contributed by atoms with van der Waals surface area (Å²) >= 11 is 0. The van der Waals surface area contributed by atoms with Gasteiger partial charge in [0.15, 0.2) is 0 Å². The minimum absolute atomic E-state index is 0.0835. The number of halogens is 1. The van der Waals surface area contributed by atoms with Crippen LogP contribution in [0.1, 0.15) is 24.2 Å². The summed E-state index contributed by atoms with van der Waals surface area (Å²) in [4.78, 5) is 22.3. The molecule has 1 aromatic carbocycles. The summed E-state index contributed by atoms with van der Waals surface area (Å²) in [7, 11) is 0. The standard InChI is InChI=1S/C12H14FNO4/c1-7(2)18-6-10(15)14-9-5-3-4-8(13)11(9)12(16)17/h3-5,7H,6H2,1-2H3,(H,14,15)(H,16,17). The molecule has 0 heterocycles. The predicted molar refractivity (Wildman–Crippen MR) is 63.1 cm³/mol. The van der Waals surface area contributed by atoms with E-state index in [0.717, 1.165) is 6.07 Å². The molecule has 0 unspecified atom stereocenters. The second kappa shape index (κ2) is 6.11. The fourth-order valence-corrected chi connectivity index (χ4v) is 1.27. The van der Waals surface area contributed by atoms with Gasteiger partial charge in [-0.3, -0.25) is 4.79 Å². The van der Waals surface area contributed by atoms with Crippen LogP contribution in [0, 0.1) is 5.82 Å². The number of hydrogen-bond acceptors (Lipinski definition) is 3. The van der Waals surface area contributed by atoms with E-state index < -0.39 is 23.3 Å². The molecule has 0 atom stereocenters. The van der Waals surface area contributed by atoms with Gasteiger partial charge in [0.25, 0.3) is 0 Å². The normalized spacial score (nSPS) is 10.4. The highest BCUT2D eigenvalue weighted by Crippen LogP contribution is 2.18. The Balaban J connectivity index is 2.81. The summed E-state index contributed by atoms with van der Waals surface area (Å²) in [6, 6.07) is 3.66. The largest absolute Gasteiger partial charge is 0.478 e. The van der Waals surface area contributed by atoms with Crippen molar-refractivity contribution in [3.05, 3.63) is 29.6 Å². The zero-order valence-electron chi connectivity index (χ0n) is 10.1. The highest BCUT2D eigenvalue weighted by Gasteiger charge is 2.17. The van der Waals surface area contributed by atoms with E-state index in [-0.39, 0.29) is 18.4 Å². The Labute approximate surface area is 104 Å². The minimum Gasteiger partial charge on any atom is -0.478 e. The van der Waals surface area contributed by atoms with Crippen LogP contribution in [-0.4, -0.2) is 29.7 Å². The van der Waals surface area contributed by atoms with E-state index in [2.05, 4.69) is 5.32 Å². The molecular weight excluding hydrogens is 241 g/mol. The molecule has 0 aliphatic carbocycles. The fraction of sp³-hybridized carbons (Fsp3) is 0.333. The maximum absolute atomic E-state index is 13.3. The van der Waals surface area contributed by atoms with Crippen LogP contribution >= 0.6 is 0 Å². The summed E-state index contributed by atoms with van der Waals surface area (Å²) in [5.41, 5.74) is -0.643. The Morgan fingerprint density at radius 1 is 1.44 bits per heavy atom. The first kappa shape index (κ1) is 14.1. The van der Waals surface area contributed by atoms with Crippen LogP contribution in [0.5, 0.6) is 0 Å². The first-order valence-corrected chi connectivity index (χ1v) is 5.35. The van der Waals surface area contributed by atoms with E-state index in [0.29, 0.717) is 0 Å². The first-order chi connectivity index (χ1) is 8.41. The van der Waals surface area contributed by atoms with Gasteiger partial charge in [0.05, 0.1) is 11.8 Å². The van der Waals surface area contributed by atoms with Gasteiger partial charge in [-0.15, -0.1) is 0 Å². The molecule has 1 rings (SSSR count). The molecule has 6 heteroatoms. The van der Waals surface area contributed by atoms with Gasteiger partial charge in [0.2, 0.25) is 5.91 Å². The number of benzene rings is 1. The van der Waals surface area contributed by atoms with Gasteiger partial charge in [0, 0.05) is 0 Å². The van der Waals surface area contributed by atoms with Gasteiger partial charge in [-0.1, -0.05) is 6.07 Å². The Morgan fingerprint density at radius 3 is 2.67 bits per heavy atom. The topological polar surface area (TPSA) is 75.6 Å². The van der Waals surface area contributed by atoms with Crippen molar-refractivity contribution in [3.63, 3.8) is 0 Å². The number of amides is 1. The summed E-state index contributed by atoms with van der Waals surface area (Å²) in [6.07, 6.45) is -0.123. The van der Waals surface area contributed by atoms with Gasteiger partial charge in [0.1, 0.15) is 18.0 Å². The van der Waals surface area contributed by atoms with Crippen molar-refractivity contribution in [1.29, 1.82) is 0 Å². The van der Waals surface area contributed by atoms with Gasteiger partial charge in [-0.2, -0.15) is 0 Å². The fourth-order valence-electron chi connectivity index (χ4n) is 1.27. The number of ether oxygens (including phenoxy) is 1. The molecule has 0 radical (unpaired) electrons. The number of rotatable bonds is 5. The number of carboxylic acids is 1. The zero-order chi connectivity index (χ0) is 13.7. The molecule has 1 aromatic rings. The Kier molecular flexibility index (Phi) is 4.79. The lowest BCUT2D eigenvalue weighted by Crippen LogP contribution is -2.22. The number of carbonyl (C=O) groups excluding carboxylic acids is 1. The smallest absolute Gasteiger partial charge is 0.340 e. The van der Waals surface area contributed by atoms with E-state index in [1.54, 1.807) is 13.8 Å². The van der Waals surface area contributed by atoms with Crippen molar-refractivity contribution < 1.29 is 23.8 Å². The number of carboxylic acid groups (broad SMARTS) is 1. The van der Waals surface area contributed by atoms with Crippen LogP contribution in [-0.2, 0) is 9.53 Å². The van der Waals surface area contributed by atoms with Crippen molar-refractivity contribution in [2.45, 2.75) is 20.0 Å². The minimum atomic E-state index is -1.44. The third kappa shape index (κ3) is 3.81. The third-order valence-electron chi connectivity index (χ3n) is 2.05. The molecule has 0 spiro atoms. The second-order valence-electron chi connectivity index (χ2n) is 3.88. The Morgan fingerprint density at radius 2 is 2.11 bits per heavy atom. The SMILES string of the molecule is CC(C)OCC(=O)Nc1cccc(F)c1C(=O)O. The van der Waals surface area contributed by atoms with Crippen LogP contribution in [0.3, 0.4) is 0 Å². The number of carbonyl (C=O) groups is 2. The zero-order valence-corrected chi connectivity index (χ0v) is 10.1. The van der Waals surface area contributed by atoms with Gasteiger partial charge < -0.3 is 15.2 Å². The Hall–Kier alpha value is -1.95. The average molecular weight is 255 g/mol. The van der Waals surface area contributed by atoms with E-state index >= 15 is 0 Å². The average Bonchev–Trinajstić information content (AvgIpc) is 2.26. The number of aromatic carboxylic acids is 1. The molecule has 2 N–H and O–H groups in total. The summed E-state index contributed by atoms with van der Waals surface area (Å²) < 4.78 is 18.4. The summed E-state index contributed by atoms with van der Waals surface area (Å²) in [5.74, 6) is -2.87. The molecule has 0 aliphatic rings. The number of anilines is 1. The monoisotopic (exact) mass is 255 g/mol. The molecule has 0 saturated carbocycles. The van der Waals surface area contributed by atoms with Crippen molar-refractivity contribution in [1.82, 2.24) is 0 Å². The summed E-state index contributed by atoms with van der Waals surface area (Å²) in [6.45, 7) is 3.31. The molecule has 18 heavy (non-hydrogen) atoms. The van der Waals surface area contributed by atoms with Crippen LogP contribution < -0.4 is 5.32 Å². The van der Waals surface area contributed by atoms with Crippen LogP contribution in [0.2, 0.25) is 0 Å². The maximum atomic E-state index is 13.3. The number of nitrogens with one attached hydrogen (secondary N) is 1. The lowest BCUT2D eigenvalue weighted by molar-refractivity contribution is -0.121. The highest BCUT2D eigenvalue weighted by atomic mass is 19.1. The van der Waals surface area contributed by atoms with E-state index in [4.69, 9.17) is 9.84 Å². The van der Waals surface area contributed by atoms with Crippen LogP contribution in [0.25, 0.3) is 0 Å². The van der Waals surface area contributed by atoms with Gasteiger partial charge in [-0.25, -0.2) is 9.18 Å². The van der Waals surface area contributed by atoms with Crippen LogP contribution in [0.4, 0.5) is 10.1 Å². The lowest BCUT2D eigenvalue weighted by atomic mass is 10.1. The predicted octanol–water partition coefficient (Wildman–Crippen LogP) is 1.89. The first-order valence-electron chi connectivity index (χ1n) is 5.35. The van der Waals surface area contributed by atoms with Gasteiger partial charge in [-0.05, 0) is 26.0 Å². The molecule has 1 amide bonds. The molecule has 0 aliphatic heterocycles. The summed E-state index contributed by atoms with van der Waals surface area (Å²) in [5, 5.41) is 11.2. The molecule has 0 fully saturated rings.